The van der Waals surface area contributed by atoms with Crippen LogP contribution in [0.2, 0.25) is 0 Å². The molecule has 30 heavy (non-hydrogen) atoms. The first-order valence-electron chi connectivity index (χ1n) is 9.97. The van der Waals surface area contributed by atoms with Crippen molar-refractivity contribution in [1.82, 2.24) is 9.88 Å². The van der Waals surface area contributed by atoms with Crippen LogP contribution in [0, 0.1) is 5.82 Å². The van der Waals surface area contributed by atoms with Gasteiger partial charge in [0.15, 0.2) is 12.4 Å². The lowest BCUT2D eigenvalue weighted by Gasteiger charge is -2.26. The number of likely N-dealkylation sites (N-methyl/N-ethyl adjacent to an activating group) is 1. The van der Waals surface area contributed by atoms with E-state index >= 15 is 0 Å². The molecule has 1 N–H and O–H groups in total. The molecule has 0 saturated carbocycles. The predicted molar refractivity (Wildman–Crippen MR) is 100 cm³/mol. The van der Waals surface area contributed by atoms with Gasteiger partial charge in [0, 0.05) is 29.3 Å². The average molecular weight is 448 g/mol. The Hall–Kier alpha value is -3.02. The van der Waals surface area contributed by atoms with Crippen LogP contribution >= 0.6 is 0 Å². The Kier molecular flexibility index (Phi) is 4.97. The van der Waals surface area contributed by atoms with Crippen molar-refractivity contribution in [2.45, 2.75) is 17.7 Å². The zero-order valence-electron chi connectivity index (χ0n) is 18.5. The first kappa shape index (κ1) is 17.8. The summed E-state index contributed by atoms with van der Waals surface area (Å²) in [6.45, 7) is -4.05. The van der Waals surface area contributed by atoms with Gasteiger partial charge in [0.05, 0.1) is 12.0 Å². The lowest BCUT2D eigenvalue weighted by molar-refractivity contribution is 0.0769. The summed E-state index contributed by atoms with van der Waals surface area (Å²) in [6.07, 6.45) is -2.94. The van der Waals surface area contributed by atoms with E-state index in [1.54, 1.807) is 0 Å². The molecule has 1 aromatic carbocycles. The number of nitrogens with zero attached hydrogens (tertiary/aromatic N) is 2. The Morgan fingerprint density at radius 1 is 1.37 bits per heavy atom. The molecule has 1 aliphatic heterocycles. The number of benzene rings is 1. The zero-order chi connectivity index (χ0) is 24.6. The molecule has 0 radical (unpaired) electrons. The molecule has 8 nitrogen and oxygen atoms in total. The Bertz CT molecular complexity index is 1180. The number of hydrogen-bond acceptors (Lipinski definition) is 6. The van der Waals surface area contributed by atoms with E-state index < -0.39 is 59.2 Å². The summed E-state index contributed by atoms with van der Waals surface area (Å²) in [7, 11) is -3.33. The largest absolute Gasteiger partial charge is 0.479 e. The van der Waals surface area contributed by atoms with Crippen molar-refractivity contribution in [3.63, 3.8) is 0 Å². The highest BCUT2D eigenvalue weighted by atomic mass is 32.2. The second-order valence-electron chi connectivity index (χ2n) is 6.13. The number of ether oxygens (including phenoxy) is 2. The lowest BCUT2D eigenvalue weighted by Crippen LogP contribution is -2.35. The van der Waals surface area contributed by atoms with E-state index in [-0.39, 0.29) is 29.0 Å². The van der Waals surface area contributed by atoms with Crippen LogP contribution in [0.3, 0.4) is 0 Å². The summed E-state index contributed by atoms with van der Waals surface area (Å²) >= 11 is 0. The summed E-state index contributed by atoms with van der Waals surface area (Å²) in [5, 5.41) is 0. The van der Waals surface area contributed by atoms with Gasteiger partial charge in [0.2, 0.25) is 5.88 Å². The number of hydrogen-bond donors (Lipinski definition) is 1. The molecule has 3 rings (SSSR count). The molecular weight excluding hydrogens is 427 g/mol. The highest BCUT2D eigenvalue weighted by Gasteiger charge is 2.29. The highest BCUT2D eigenvalue weighted by Crippen LogP contribution is 2.32. The van der Waals surface area contributed by atoms with E-state index in [0.29, 0.717) is 11.0 Å². The third-order valence-electron chi connectivity index (χ3n) is 4.18. The lowest BCUT2D eigenvalue weighted by atomic mass is 9.99. The molecule has 0 saturated heterocycles. The van der Waals surface area contributed by atoms with Crippen molar-refractivity contribution in [3.8, 4) is 11.8 Å². The van der Waals surface area contributed by atoms with Gasteiger partial charge in [0.25, 0.3) is 28.2 Å². The summed E-state index contributed by atoms with van der Waals surface area (Å²) in [4.78, 5) is 16.5. The molecule has 12 heteroatoms. The van der Waals surface area contributed by atoms with Gasteiger partial charge in [-0.25, -0.2) is 21.6 Å². The van der Waals surface area contributed by atoms with Crippen LogP contribution in [0.15, 0.2) is 29.2 Å². The molecular formula is C18H18F3N3O5S. The Morgan fingerprint density at radius 2 is 2.13 bits per heavy atom. The summed E-state index contributed by atoms with van der Waals surface area (Å²) in [5.41, 5.74) is -0.435. The summed E-state index contributed by atoms with van der Waals surface area (Å²) in [6, 6.07) is 4.44. The van der Waals surface area contributed by atoms with Crippen molar-refractivity contribution >= 4 is 21.6 Å². The summed E-state index contributed by atoms with van der Waals surface area (Å²) in [5.74, 6) is -3.31. The maximum atomic E-state index is 14.2. The fraction of sp³-hybridized carbons (Fsp3) is 0.333. The number of rotatable bonds is 7. The number of fused-ring (bicyclic) bond motifs is 1. The van der Waals surface area contributed by atoms with Crippen molar-refractivity contribution in [2.75, 3.05) is 32.0 Å². The fourth-order valence-electron chi connectivity index (χ4n) is 2.87. The topological polar surface area (TPSA) is 97.8 Å². The molecule has 0 aliphatic carbocycles. The van der Waals surface area contributed by atoms with E-state index in [9.17, 15) is 26.4 Å². The molecule has 2 heterocycles. The number of carbonyl (C=O) groups is 1. The maximum absolute atomic E-state index is 14.2. The normalized spacial score (nSPS) is 15.8. The van der Waals surface area contributed by atoms with Gasteiger partial charge < -0.3 is 14.4 Å². The molecule has 0 fully saturated rings. The number of halogens is 3. The molecule has 0 bridgehead atoms. The second-order valence-corrected chi connectivity index (χ2v) is 7.78. The van der Waals surface area contributed by atoms with Gasteiger partial charge >= 0.3 is 0 Å². The van der Waals surface area contributed by atoms with Gasteiger partial charge in [-0.2, -0.15) is 4.98 Å². The van der Waals surface area contributed by atoms with E-state index in [0.717, 1.165) is 7.11 Å². The number of nitrogens with one attached hydrogen (secondary N) is 1. The van der Waals surface area contributed by atoms with Crippen molar-refractivity contribution in [2.24, 2.45) is 0 Å². The van der Waals surface area contributed by atoms with Crippen molar-refractivity contribution in [1.29, 1.82) is 0 Å². The minimum Gasteiger partial charge on any atom is -0.479 e. The van der Waals surface area contributed by atoms with E-state index in [1.807, 2.05) is 0 Å². The number of anilines is 1. The van der Waals surface area contributed by atoms with Crippen LogP contribution < -0.4 is 14.2 Å². The molecule has 1 aliphatic rings. The molecule has 0 spiro atoms. The quantitative estimate of drug-likeness (QED) is 0.698. The third kappa shape index (κ3) is 4.27. The minimum absolute atomic E-state index is 0.0549. The van der Waals surface area contributed by atoms with Crippen molar-refractivity contribution in [3.05, 3.63) is 41.2 Å². The Balaban J connectivity index is 1.96. The monoisotopic (exact) mass is 448 g/mol. The zero-order valence-corrected chi connectivity index (χ0v) is 16.3. The number of carbonyl (C=O) groups excluding carboxylic acids is 1. The van der Waals surface area contributed by atoms with Gasteiger partial charge in [-0.15, -0.1) is 0 Å². The van der Waals surface area contributed by atoms with E-state index in [2.05, 4.69) is 14.4 Å². The molecule has 1 amide bonds. The van der Waals surface area contributed by atoms with Gasteiger partial charge in [-0.05, 0) is 24.1 Å². The molecule has 0 unspecified atom stereocenters. The van der Waals surface area contributed by atoms with Crippen molar-refractivity contribution < 1.29 is 40.0 Å². The van der Waals surface area contributed by atoms with Crippen LogP contribution in [0.1, 0.15) is 20.0 Å². The van der Waals surface area contributed by atoms with E-state index in [4.69, 9.17) is 8.85 Å². The third-order valence-corrected chi connectivity index (χ3v) is 5.63. The van der Waals surface area contributed by atoms with Crippen LogP contribution in [0.5, 0.6) is 11.8 Å². The minimum atomic E-state index is -4.43. The SMILES string of the molecule is [2H]C([2H])([2H])N1CCc2c(cccc2S(=O)(=O)Nc2cc(F)c(OCC(F)F)nc2OC)C1=O. The van der Waals surface area contributed by atoms with Crippen LogP contribution in [0.25, 0.3) is 0 Å². The smallest absolute Gasteiger partial charge is 0.272 e. The Labute approximate surface area is 174 Å². The number of methoxy groups -OCH3 is 1. The standard InChI is InChI=1S/C18H18F3N3O5S/c1-24-7-6-10-11(18(24)25)4-3-5-14(10)30(26,27)23-13-8-12(19)16(22-17(13)28-2)29-9-15(20)21/h3-5,8,15,23H,6-7,9H2,1-2H3/i1D3. The first-order valence-corrected chi connectivity index (χ1v) is 9.95. The number of pyridine rings is 1. The molecule has 2 aromatic rings. The number of aromatic nitrogens is 1. The van der Waals surface area contributed by atoms with Gasteiger partial charge in [-0.3, -0.25) is 9.52 Å². The number of sulfonamides is 1. The fourth-order valence-corrected chi connectivity index (χ4v) is 4.21. The average Bonchev–Trinajstić information content (AvgIpc) is 2.71. The highest BCUT2D eigenvalue weighted by molar-refractivity contribution is 7.92. The maximum Gasteiger partial charge on any atom is 0.272 e. The first-order chi connectivity index (χ1) is 15.3. The number of amides is 1. The van der Waals surface area contributed by atoms with Crippen LogP contribution in [-0.2, 0) is 16.4 Å². The van der Waals surface area contributed by atoms with Crippen LogP contribution in [-0.4, -0.2) is 57.9 Å². The molecule has 162 valence electrons. The summed E-state index contributed by atoms with van der Waals surface area (Å²) < 4.78 is 98.9. The van der Waals surface area contributed by atoms with Gasteiger partial charge in [-0.1, -0.05) is 6.07 Å². The number of alkyl halides is 2. The van der Waals surface area contributed by atoms with Crippen LogP contribution in [0.4, 0.5) is 18.9 Å². The second kappa shape index (κ2) is 8.38. The van der Waals surface area contributed by atoms with Gasteiger partial charge in [0.1, 0.15) is 5.69 Å². The Morgan fingerprint density at radius 3 is 2.80 bits per heavy atom. The molecule has 0 atom stereocenters. The predicted octanol–water partition coefficient (Wildman–Crippen LogP) is 2.30. The molecule has 1 aromatic heterocycles. The van der Waals surface area contributed by atoms with E-state index in [1.165, 1.54) is 18.2 Å².